The summed E-state index contributed by atoms with van der Waals surface area (Å²) < 4.78 is 4.70. The van der Waals surface area contributed by atoms with E-state index in [2.05, 4.69) is 33.7 Å². The number of nitrogens with zero attached hydrogens (tertiary/aromatic N) is 3. The van der Waals surface area contributed by atoms with Crippen LogP contribution in [0.25, 0.3) is 0 Å². The molecule has 1 fully saturated rings. The summed E-state index contributed by atoms with van der Waals surface area (Å²) in [4.78, 5) is 28.7. The zero-order valence-electron chi connectivity index (χ0n) is 19.0. The first-order chi connectivity index (χ1) is 14.4. The van der Waals surface area contributed by atoms with Gasteiger partial charge < -0.3 is 15.6 Å². The number of methoxy groups -OCH3 is 1. The van der Waals surface area contributed by atoms with E-state index in [0.29, 0.717) is 13.0 Å². The lowest BCUT2D eigenvalue weighted by Gasteiger charge is -2.36. The second kappa shape index (κ2) is 20.0. The van der Waals surface area contributed by atoms with Gasteiger partial charge in [0.2, 0.25) is 6.41 Å². The van der Waals surface area contributed by atoms with Crippen LogP contribution in [0.5, 0.6) is 0 Å². The summed E-state index contributed by atoms with van der Waals surface area (Å²) in [5.74, 6) is -0.552. The number of allylic oxidation sites excluding steroid dienone is 2. The molecule has 172 valence electrons. The number of β-amino-alcohol motifs (C(OH)–C–C–N with tert-alkyl or cyclic N) is 1. The number of nitrogens with two attached hydrogens (primary N) is 1. The number of hydrogen-bond acceptors (Lipinski definition) is 7. The maximum atomic E-state index is 11.4. The third kappa shape index (κ3) is 14.7. The number of carbonyl (C=O) groups is 2. The highest BCUT2D eigenvalue weighted by atomic mass is 16.5. The summed E-state index contributed by atoms with van der Waals surface area (Å²) in [7, 11) is 1.37. The van der Waals surface area contributed by atoms with Gasteiger partial charge in [0.05, 0.1) is 19.1 Å². The van der Waals surface area contributed by atoms with E-state index in [0.717, 1.165) is 38.3 Å². The van der Waals surface area contributed by atoms with Crippen LogP contribution in [0.15, 0.2) is 42.1 Å². The van der Waals surface area contributed by atoms with E-state index in [-0.39, 0.29) is 18.3 Å². The fourth-order valence-corrected chi connectivity index (χ4v) is 2.90. The number of esters is 1. The zero-order valence-corrected chi connectivity index (χ0v) is 19.0. The van der Waals surface area contributed by atoms with Crippen LogP contribution < -0.4 is 5.73 Å². The van der Waals surface area contributed by atoms with Gasteiger partial charge in [0, 0.05) is 51.7 Å². The predicted molar refractivity (Wildman–Crippen MR) is 123 cm³/mol. The molecule has 1 aliphatic heterocycles. The summed E-state index contributed by atoms with van der Waals surface area (Å²) in [6.45, 7) is 18.2. The minimum atomic E-state index is -0.517. The van der Waals surface area contributed by atoms with Gasteiger partial charge in [-0.2, -0.15) is 0 Å². The Morgan fingerprint density at radius 2 is 1.77 bits per heavy atom. The van der Waals surface area contributed by atoms with Crippen LogP contribution in [0.2, 0.25) is 0 Å². The largest absolute Gasteiger partial charge is 0.469 e. The lowest BCUT2D eigenvalue weighted by atomic mass is 10.0. The summed E-state index contributed by atoms with van der Waals surface area (Å²) in [6.07, 6.45) is 7.20. The van der Waals surface area contributed by atoms with Crippen molar-refractivity contribution in [2.45, 2.75) is 33.3 Å². The van der Waals surface area contributed by atoms with Gasteiger partial charge in [-0.15, -0.1) is 0 Å². The number of hydrogen-bond donors (Lipinski definition) is 2. The third-order valence-electron chi connectivity index (χ3n) is 4.25. The first kappa shape index (κ1) is 29.9. The Bertz CT molecular complexity index is 541. The summed E-state index contributed by atoms with van der Waals surface area (Å²) in [5, 5.41) is 10.2. The number of piperazine rings is 1. The monoisotopic (exact) mass is 424 g/mol. The average Bonchev–Trinajstić information content (AvgIpc) is 2.74. The van der Waals surface area contributed by atoms with Gasteiger partial charge in [-0.05, 0) is 12.0 Å². The molecule has 1 aliphatic rings. The minimum Gasteiger partial charge on any atom is -0.469 e. The van der Waals surface area contributed by atoms with Crippen LogP contribution in [0, 0.1) is 5.92 Å². The van der Waals surface area contributed by atoms with E-state index in [1.54, 1.807) is 19.2 Å². The molecule has 2 atom stereocenters. The Balaban J connectivity index is 0. The number of amides is 1. The van der Waals surface area contributed by atoms with Gasteiger partial charge in [-0.25, -0.2) is 0 Å². The fourth-order valence-electron chi connectivity index (χ4n) is 2.90. The molecule has 1 saturated heterocycles. The van der Waals surface area contributed by atoms with E-state index in [4.69, 9.17) is 9.53 Å². The molecule has 0 aromatic carbocycles. The van der Waals surface area contributed by atoms with Crippen molar-refractivity contribution in [3.8, 4) is 0 Å². The molecule has 0 radical (unpaired) electrons. The highest BCUT2D eigenvalue weighted by Gasteiger charge is 2.22. The molecule has 0 saturated carbocycles. The van der Waals surface area contributed by atoms with Crippen molar-refractivity contribution in [3.63, 3.8) is 0 Å². The van der Waals surface area contributed by atoms with E-state index >= 15 is 0 Å². The summed E-state index contributed by atoms with van der Waals surface area (Å²) in [6, 6.07) is 0. The molecule has 0 aromatic heterocycles. The topological polar surface area (TPSA) is 108 Å². The fraction of sp³-hybridized carbons (Fsp3) is 0.591. The van der Waals surface area contributed by atoms with E-state index in [9.17, 15) is 9.90 Å². The predicted octanol–water partition coefficient (Wildman–Crippen LogP) is 1.62. The molecular formula is C22H40N4O4. The number of aliphatic imine (C=N–C) groups is 1. The van der Waals surface area contributed by atoms with Gasteiger partial charge in [-0.3, -0.25) is 24.4 Å². The van der Waals surface area contributed by atoms with Crippen molar-refractivity contribution in [1.29, 1.82) is 0 Å². The lowest BCUT2D eigenvalue weighted by molar-refractivity contribution is -0.146. The molecular weight excluding hydrogens is 384 g/mol. The van der Waals surface area contributed by atoms with Crippen LogP contribution in [0.4, 0.5) is 0 Å². The van der Waals surface area contributed by atoms with Crippen LogP contribution in [-0.4, -0.2) is 86.0 Å². The SMILES string of the molecule is C=C/C=C(\C=NC=C)CN1CCN(CC(O)CC(C)C(=O)OC)CC1.CC.NC=O. The Morgan fingerprint density at radius 3 is 2.23 bits per heavy atom. The van der Waals surface area contributed by atoms with E-state index < -0.39 is 6.10 Å². The molecule has 1 amide bonds. The molecule has 1 heterocycles. The molecule has 8 nitrogen and oxygen atoms in total. The second-order valence-corrected chi connectivity index (χ2v) is 6.46. The Labute approximate surface area is 181 Å². The molecule has 0 aromatic rings. The number of ether oxygens (including phenoxy) is 1. The van der Waals surface area contributed by atoms with Crippen LogP contribution in [0.3, 0.4) is 0 Å². The van der Waals surface area contributed by atoms with Gasteiger partial charge in [0.1, 0.15) is 0 Å². The third-order valence-corrected chi connectivity index (χ3v) is 4.25. The normalized spacial score (nSPS) is 16.9. The molecule has 0 bridgehead atoms. The molecule has 8 heteroatoms. The smallest absolute Gasteiger partial charge is 0.308 e. The van der Waals surface area contributed by atoms with Crippen molar-refractivity contribution in [1.82, 2.24) is 9.80 Å². The van der Waals surface area contributed by atoms with Crippen molar-refractivity contribution >= 4 is 18.6 Å². The number of aliphatic hydroxyl groups is 1. The number of aliphatic hydroxyl groups excluding tert-OH is 1. The first-order valence-electron chi connectivity index (χ1n) is 10.2. The Hall–Kier alpha value is -2.29. The first-order valence-corrected chi connectivity index (χ1v) is 10.2. The van der Waals surface area contributed by atoms with Crippen molar-refractivity contribution < 1.29 is 19.4 Å². The molecule has 0 aliphatic carbocycles. The molecule has 1 rings (SSSR count). The highest BCUT2D eigenvalue weighted by Crippen LogP contribution is 2.11. The maximum absolute atomic E-state index is 11.4. The van der Waals surface area contributed by atoms with Crippen LogP contribution in [-0.2, 0) is 14.3 Å². The van der Waals surface area contributed by atoms with Crippen molar-refractivity contribution in [2.24, 2.45) is 16.6 Å². The van der Waals surface area contributed by atoms with E-state index in [1.807, 2.05) is 19.9 Å². The quantitative estimate of drug-likeness (QED) is 0.239. The van der Waals surface area contributed by atoms with Gasteiger partial charge in [-0.1, -0.05) is 46.1 Å². The number of rotatable bonds is 10. The summed E-state index contributed by atoms with van der Waals surface area (Å²) >= 11 is 0. The Morgan fingerprint density at radius 1 is 1.23 bits per heavy atom. The molecule has 3 N–H and O–H groups in total. The van der Waals surface area contributed by atoms with Crippen LogP contribution in [0.1, 0.15) is 27.2 Å². The van der Waals surface area contributed by atoms with Crippen molar-refractivity contribution in [3.05, 3.63) is 37.1 Å². The molecule has 2 unspecified atom stereocenters. The maximum Gasteiger partial charge on any atom is 0.308 e. The molecule has 0 spiro atoms. The molecule has 30 heavy (non-hydrogen) atoms. The van der Waals surface area contributed by atoms with Gasteiger partial charge >= 0.3 is 5.97 Å². The standard InChI is InChI=1S/C19H31N3O3.C2H6.CH3NO/c1-5-7-17(13-20-6-2)14-21-8-10-22(11-9-21)15-18(23)12-16(3)19(24)25-4;1-2;2-1-3/h5-7,13,16,18,23H,1-2,8-12,14-15H2,3-4H3;1-2H3;1H,(H2,2,3)/b17-7+,20-13?;;. The second-order valence-electron chi connectivity index (χ2n) is 6.46. The van der Waals surface area contributed by atoms with Gasteiger partial charge in [0.25, 0.3) is 0 Å². The van der Waals surface area contributed by atoms with Crippen molar-refractivity contribution in [2.75, 3.05) is 46.4 Å². The zero-order chi connectivity index (χ0) is 23.4. The Kier molecular flexibility index (Phi) is 19.9. The summed E-state index contributed by atoms with van der Waals surface area (Å²) in [5.41, 5.74) is 5.26. The lowest BCUT2D eigenvalue weighted by Crippen LogP contribution is -2.49. The number of carbonyl (C=O) groups excluding carboxylic acids is 2. The number of primary amides is 1. The van der Waals surface area contributed by atoms with Crippen LogP contribution >= 0.6 is 0 Å². The minimum absolute atomic E-state index is 0.250. The average molecular weight is 425 g/mol. The van der Waals surface area contributed by atoms with Gasteiger partial charge in [0.15, 0.2) is 0 Å². The highest BCUT2D eigenvalue weighted by molar-refractivity contribution is 5.80. The van der Waals surface area contributed by atoms with E-state index in [1.165, 1.54) is 13.3 Å².